The Labute approximate surface area is 183 Å². The van der Waals surface area contributed by atoms with Crippen molar-refractivity contribution in [2.75, 3.05) is 17.2 Å². The molecular formula is C24H18FN3O4. The van der Waals surface area contributed by atoms with Crippen molar-refractivity contribution in [3.8, 4) is 17.6 Å². The molecule has 2 amide bonds. The normalized spacial score (nSPS) is 10.7. The van der Waals surface area contributed by atoms with E-state index in [1.165, 1.54) is 48.5 Å². The van der Waals surface area contributed by atoms with Crippen molar-refractivity contribution in [1.29, 1.82) is 5.26 Å². The fourth-order valence-electron chi connectivity index (χ4n) is 2.62. The van der Waals surface area contributed by atoms with E-state index in [2.05, 4.69) is 10.6 Å². The van der Waals surface area contributed by atoms with E-state index in [1.807, 2.05) is 6.07 Å². The highest BCUT2D eigenvalue weighted by atomic mass is 19.1. The number of carbonyl (C=O) groups excluding carboxylic acids is 2. The molecule has 7 nitrogen and oxygen atoms in total. The maximum absolute atomic E-state index is 13.6. The van der Waals surface area contributed by atoms with Crippen LogP contribution in [0.5, 0.6) is 11.5 Å². The van der Waals surface area contributed by atoms with Gasteiger partial charge in [-0.3, -0.25) is 9.59 Å². The first kappa shape index (κ1) is 22.1. The standard InChI is InChI=1S/C24H18FN3O4/c25-21-3-1-2-4-22(21)28-23(30)15-32-20-11-5-16(6-12-20)13-17(14-26)24(31)27-18-7-9-19(29)10-8-18/h1-13,29H,15H2,(H,27,31)(H,28,30)/b17-13+. The molecule has 0 heterocycles. The predicted octanol–water partition coefficient (Wildman–Crippen LogP) is 4.09. The monoisotopic (exact) mass is 431 g/mol. The number of carbonyl (C=O) groups is 2. The first-order valence-corrected chi connectivity index (χ1v) is 9.44. The van der Waals surface area contributed by atoms with Gasteiger partial charge in [0.25, 0.3) is 11.8 Å². The molecule has 0 saturated heterocycles. The molecule has 0 saturated carbocycles. The second kappa shape index (κ2) is 10.4. The average molecular weight is 431 g/mol. The number of anilines is 2. The average Bonchev–Trinajstić information content (AvgIpc) is 2.80. The van der Waals surface area contributed by atoms with Crippen molar-refractivity contribution < 1.29 is 23.8 Å². The van der Waals surface area contributed by atoms with Gasteiger partial charge in [0.05, 0.1) is 5.69 Å². The molecule has 0 radical (unpaired) electrons. The Hall–Kier alpha value is -4.64. The number of aromatic hydroxyl groups is 1. The zero-order valence-electron chi connectivity index (χ0n) is 16.7. The number of para-hydroxylation sites is 1. The lowest BCUT2D eigenvalue weighted by atomic mass is 10.1. The third-order valence-corrected chi connectivity index (χ3v) is 4.20. The molecule has 8 heteroatoms. The van der Waals surface area contributed by atoms with Crippen molar-refractivity contribution in [3.05, 3.63) is 89.8 Å². The van der Waals surface area contributed by atoms with Gasteiger partial charge in [-0.25, -0.2) is 4.39 Å². The fourth-order valence-corrected chi connectivity index (χ4v) is 2.62. The van der Waals surface area contributed by atoms with Gasteiger partial charge < -0.3 is 20.5 Å². The fraction of sp³-hybridized carbons (Fsp3) is 0.0417. The number of hydrogen-bond acceptors (Lipinski definition) is 5. The summed E-state index contributed by atoms with van der Waals surface area (Å²) in [5.41, 5.74) is 0.962. The maximum atomic E-state index is 13.6. The minimum absolute atomic E-state index is 0.0612. The molecule has 0 aliphatic rings. The quantitative estimate of drug-likeness (QED) is 0.296. The van der Waals surface area contributed by atoms with Crippen molar-refractivity contribution in [2.45, 2.75) is 0 Å². The van der Waals surface area contributed by atoms with Crippen LogP contribution in [0.15, 0.2) is 78.4 Å². The van der Waals surface area contributed by atoms with Gasteiger partial charge in [-0.2, -0.15) is 5.26 Å². The van der Waals surface area contributed by atoms with Crippen LogP contribution in [0.25, 0.3) is 6.08 Å². The Morgan fingerprint density at radius 2 is 1.69 bits per heavy atom. The Balaban J connectivity index is 1.57. The lowest BCUT2D eigenvalue weighted by molar-refractivity contribution is -0.118. The molecule has 160 valence electrons. The van der Waals surface area contributed by atoms with Crippen LogP contribution in [-0.4, -0.2) is 23.5 Å². The smallest absolute Gasteiger partial charge is 0.266 e. The maximum Gasteiger partial charge on any atom is 0.266 e. The number of nitriles is 1. The van der Waals surface area contributed by atoms with Gasteiger partial charge in [0.1, 0.15) is 29.0 Å². The summed E-state index contributed by atoms with van der Waals surface area (Å²) < 4.78 is 18.9. The Kier molecular flexibility index (Phi) is 7.17. The third-order valence-electron chi connectivity index (χ3n) is 4.20. The van der Waals surface area contributed by atoms with Crippen molar-refractivity contribution in [3.63, 3.8) is 0 Å². The van der Waals surface area contributed by atoms with Crippen molar-refractivity contribution in [1.82, 2.24) is 0 Å². The van der Waals surface area contributed by atoms with Gasteiger partial charge in [0, 0.05) is 5.69 Å². The molecule has 0 aliphatic carbocycles. The number of phenols is 1. The number of halogens is 1. The SMILES string of the molecule is N#C/C(=C\c1ccc(OCC(=O)Nc2ccccc2F)cc1)C(=O)Nc1ccc(O)cc1. The number of nitrogens with zero attached hydrogens (tertiary/aromatic N) is 1. The van der Waals surface area contributed by atoms with Crippen LogP contribution in [0, 0.1) is 17.1 Å². The lowest BCUT2D eigenvalue weighted by Crippen LogP contribution is -2.20. The molecule has 0 aliphatic heterocycles. The summed E-state index contributed by atoms with van der Waals surface area (Å²) in [4.78, 5) is 24.2. The highest BCUT2D eigenvalue weighted by Crippen LogP contribution is 2.18. The van der Waals surface area contributed by atoms with Gasteiger partial charge in [0.2, 0.25) is 0 Å². The number of nitrogens with one attached hydrogen (secondary N) is 2. The molecule has 3 aromatic rings. The number of rotatable bonds is 7. The molecule has 0 spiro atoms. The molecule has 0 bridgehead atoms. The molecule has 32 heavy (non-hydrogen) atoms. The van der Waals surface area contributed by atoms with Gasteiger partial charge in [0.15, 0.2) is 6.61 Å². The zero-order valence-corrected chi connectivity index (χ0v) is 16.7. The van der Waals surface area contributed by atoms with E-state index in [1.54, 1.807) is 30.3 Å². The van der Waals surface area contributed by atoms with Crippen LogP contribution in [0.4, 0.5) is 15.8 Å². The Bertz CT molecular complexity index is 1180. The van der Waals surface area contributed by atoms with E-state index in [0.29, 0.717) is 17.0 Å². The summed E-state index contributed by atoms with van der Waals surface area (Å²) in [6.07, 6.45) is 1.41. The first-order valence-electron chi connectivity index (χ1n) is 9.44. The topological polar surface area (TPSA) is 111 Å². The summed E-state index contributed by atoms with van der Waals surface area (Å²) in [6, 6.07) is 19.9. The van der Waals surface area contributed by atoms with E-state index in [4.69, 9.17) is 4.74 Å². The number of amides is 2. The number of benzene rings is 3. The minimum atomic E-state index is -0.594. The van der Waals surface area contributed by atoms with Crippen LogP contribution < -0.4 is 15.4 Å². The summed E-state index contributed by atoms with van der Waals surface area (Å²) in [6.45, 7) is -0.317. The first-order chi connectivity index (χ1) is 15.4. The highest BCUT2D eigenvalue weighted by molar-refractivity contribution is 6.09. The summed E-state index contributed by atoms with van der Waals surface area (Å²) in [7, 11) is 0. The largest absolute Gasteiger partial charge is 0.508 e. The summed E-state index contributed by atoms with van der Waals surface area (Å²) >= 11 is 0. The number of phenolic OH excluding ortho intramolecular Hbond substituents is 1. The number of ether oxygens (including phenoxy) is 1. The van der Waals surface area contributed by atoms with Crippen LogP contribution >= 0.6 is 0 Å². The molecular weight excluding hydrogens is 413 g/mol. The van der Waals surface area contributed by atoms with Crippen LogP contribution in [0.1, 0.15) is 5.56 Å². The summed E-state index contributed by atoms with van der Waals surface area (Å²) in [5, 5.41) is 23.6. The van der Waals surface area contributed by atoms with Crippen LogP contribution in [0.2, 0.25) is 0 Å². The van der Waals surface area contributed by atoms with E-state index in [-0.39, 0.29) is 23.6 Å². The second-order valence-electron chi connectivity index (χ2n) is 6.56. The van der Waals surface area contributed by atoms with E-state index < -0.39 is 17.6 Å². The van der Waals surface area contributed by atoms with Crippen LogP contribution in [0.3, 0.4) is 0 Å². The highest BCUT2D eigenvalue weighted by Gasteiger charge is 2.10. The molecule has 0 unspecified atom stereocenters. The van der Waals surface area contributed by atoms with Gasteiger partial charge in [-0.05, 0) is 60.2 Å². The molecule has 0 atom stereocenters. The van der Waals surface area contributed by atoms with E-state index in [0.717, 1.165) is 0 Å². The molecule has 3 aromatic carbocycles. The predicted molar refractivity (Wildman–Crippen MR) is 117 cm³/mol. The third kappa shape index (κ3) is 6.18. The van der Waals surface area contributed by atoms with Gasteiger partial charge in [-0.15, -0.1) is 0 Å². The van der Waals surface area contributed by atoms with E-state index in [9.17, 15) is 24.3 Å². The molecule has 3 N–H and O–H groups in total. The Morgan fingerprint density at radius 1 is 1.00 bits per heavy atom. The van der Waals surface area contributed by atoms with Gasteiger partial charge >= 0.3 is 0 Å². The second-order valence-corrected chi connectivity index (χ2v) is 6.56. The Morgan fingerprint density at radius 3 is 2.34 bits per heavy atom. The van der Waals surface area contributed by atoms with Gasteiger partial charge in [-0.1, -0.05) is 24.3 Å². The minimum Gasteiger partial charge on any atom is -0.508 e. The molecule has 0 fully saturated rings. The van der Waals surface area contributed by atoms with Crippen LogP contribution in [-0.2, 0) is 9.59 Å². The molecule has 0 aromatic heterocycles. The van der Waals surface area contributed by atoms with Crippen molar-refractivity contribution >= 4 is 29.3 Å². The van der Waals surface area contributed by atoms with E-state index >= 15 is 0 Å². The lowest BCUT2D eigenvalue weighted by Gasteiger charge is -2.08. The zero-order chi connectivity index (χ0) is 22.9. The summed E-state index contributed by atoms with van der Waals surface area (Å²) in [5.74, 6) is -1.20. The number of hydrogen-bond donors (Lipinski definition) is 3. The van der Waals surface area contributed by atoms with Crippen molar-refractivity contribution in [2.24, 2.45) is 0 Å². The molecule has 3 rings (SSSR count).